The molecule has 2 rings (SSSR count). The van der Waals surface area contributed by atoms with E-state index in [9.17, 15) is 31.1 Å². The smallest absolute Gasteiger partial charge is 0.489 e. The second kappa shape index (κ2) is 7.04. The van der Waals surface area contributed by atoms with E-state index in [2.05, 4.69) is 4.74 Å². The minimum atomic E-state index is -4.92. The number of carbonyl (C=O) groups excluding carboxylic acids is 1. The molecule has 0 aliphatic heterocycles. The standard InChI is InChI=1S/C16H10F6O3/c17-15(18,19)12-5-10(8-23)6-13(7-12)24-9-11-3-1-2-4-14(11)25-16(20,21)22/h1-8H,9H2. The molecule has 0 unspecified atom stereocenters. The lowest BCUT2D eigenvalue weighted by Crippen LogP contribution is -2.18. The maximum absolute atomic E-state index is 12.8. The van der Waals surface area contributed by atoms with Crippen LogP contribution in [0, 0.1) is 0 Å². The van der Waals surface area contributed by atoms with Crippen LogP contribution in [0.1, 0.15) is 21.5 Å². The number of benzene rings is 2. The number of hydrogen-bond acceptors (Lipinski definition) is 3. The monoisotopic (exact) mass is 364 g/mol. The lowest BCUT2D eigenvalue weighted by molar-refractivity contribution is -0.275. The van der Waals surface area contributed by atoms with Crippen LogP contribution in [0.15, 0.2) is 42.5 Å². The van der Waals surface area contributed by atoms with Crippen molar-refractivity contribution in [2.45, 2.75) is 19.1 Å². The Balaban J connectivity index is 2.23. The lowest BCUT2D eigenvalue weighted by Gasteiger charge is -2.15. The Morgan fingerprint density at radius 1 is 0.960 bits per heavy atom. The van der Waals surface area contributed by atoms with Gasteiger partial charge in [-0.1, -0.05) is 18.2 Å². The van der Waals surface area contributed by atoms with E-state index < -0.39 is 30.5 Å². The normalized spacial score (nSPS) is 11.9. The van der Waals surface area contributed by atoms with Gasteiger partial charge < -0.3 is 9.47 Å². The van der Waals surface area contributed by atoms with Crippen molar-refractivity contribution in [3.63, 3.8) is 0 Å². The highest BCUT2D eigenvalue weighted by molar-refractivity contribution is 5.76. The van der Waals surface area contributed by atoms with Crippen molar-refractivity contribution in [3.05, 3.63) is 59.2 Å². The number of para-hydroxylation sites is 1. The molecule has 0 aromatic heterocycles. The molecule has 0 bridgehead atoms. The molecule has 0 atom stereocenters. The summed E-state index contributed by atoms with van der Waals surface area (Å²) in [5.74, 6) is -0.837. The van der Waals surface area contributed by atoms with Crippen molar-refractivity contribution in [2.75, 3.05) is 0 Å². The van der Waals surface area contributed by atoms with Crippen molar-refractivity contribution >= 4 is 6.29 Å². The van der Waals surface area contributed by atoms with E-state index in [0.717, 1.165) is 12.1 Å². The third-order valence-electron chi connectivity index (χ3n) is 2.98. The maximum atomic E-state index is 12.8. The predicted molar refractivity (Wildman–Crippen MR) is 74.3 cm³/mol. The van der Waals surface area contributed by atoms with Crippen LogP contribution in [0.3, 0.4) is 0 Å². The molecule has 0 spiro atoms. The van der Waals surface area contributed by atoms with E-state index in [1.807, 2.05) is 0 Å². The molecule has 2 aromatic carbocycles. The van der Waals surface area contributed by atoms with Gasteiger partial charge in [-0.3, -0.25) is 4.79 Å². The van der Waals surface area contributed by atoms with E-state index >= 15 is 0 Å². The van der Waals surface area contributed by atoms with Gasteiger partial charge in [0.05, 0.1) is 5.56 Å². The highest BCUT2D eigenvalue weighted by Gasteiger charge is 2.33. The summed E-state index contributed by atoms with van der Waals surface area (Å²) in [6, 6.07) is 7.39. The summed E-state index contributed by atoms with van der Waals surface area (Å²) >= 11 is 0. The first-order chi connectivity index (χ1) is 11.6. The highest BCUT2D eigenvalue weighted by atomic mass is 19.4. The van der Waals surface area contributed by atoms with Gasteiger partial charge in [-0.05, 0) is 24.3 Å². The molecule has 0 fully saturated rings. The van der Waals surface area contributed by atoms with Crippen LogP contribution in [0.5, 0.6) is 11.5 Å². The molecule has 0 aliphatic carbocycles. The van der Waals surface area contributed by atoms with Crippen LogP contribution < -0.4 is 9.47 Å². The number of halogens is 6. The van der Waals surface area contributed by atoms with E-state index in [1.165, 1.54) is 18.2 Å². The number of rotatable bonds is 5. The van der Waals surface area contributed by atoms with E-state index in [-0.39, 0.29) is 23.2 Å². The summed E-state index contributed by atoms with van der Waals surface area (Å²) in [4.78, 5) is 10.8. The SMILES string of the molecule is O=Cc1cc(OCc2ccccc2OC(F)(F)F)cc(C(F)(F)F)c1. The molecular formula is C16H10F6O3. The topological polar surface area (TPSA) is 35.5 Å². The summed E-state index contributed by atoms with van der Waals surface area (Å²) in [6.45, 7) is -0.480. The van der Waals surface area contributed by atoms with Gasteiger partial charge in [-0.2, -0.15) is 13.2 Å². The first-order valence-electron chi connectivity index (χ1n) is 6.72. The molecule has 0 heterocycles. The van der Waals surface area contributed by atoms with Gasteiger partial charge in [-0.15, -0.1) is 13.2 Å². The maximum Gasteiger partial charge on any atom is 0.573 e. The van der Waals surface area contributed by atoms with Crippen LogP contribution >= 0.6 is 0 Å². The molecule has 134 valence electrons. The van der Waals surface area contributed by atoms with Gasteiger partial charge in [0, 0.05) is 11.1 Å². The van der Waals surface area contributed by atoms with Gasteiger partial charge >= 0.3 is 12.5 Å². The summed E-state index contributed by atoms with van der Waals surface area (Å²) in [7, 11) is 0. The van der Waals surface area contributed by atoms with E-state index in [0.29, 0.717) is 12.1 Å². The summed E-state index contributed by atoms with van der Waals surface area (Å²) in [5.41, 5.74) is -1.40. The van der Waals surface area contributed by atoms with Gasteiger partial charge in [-0.25, -0.2) is 0 Å². The van der Waals surface area contributed by atoms with Crippen molar-refractivity contribution in [1.82, 2.24) is 0 Å². The molecule has 2 aromatic rings. The zero-order chi connectivity index (χ0) is 18.7. The molecule has 0 radical (unpaired) electrons. The van der Waals surface area contributed by atoms with Gasteiger partial charge in [0.1, 0.15) is 24.4 Å². The first-order valence-corrected chi connectivity index (χ1v) is 6.72. The first kappa shape index (κ1) is 18.6. The molecule has 25 heavy (non-hydrogen) atoms. The fourth-order valence-electron chi connectivity index (χ4n) is 1.95. The van der Waals surface area contributed by atoms with Crippen molar-refractivity contribution in [2.24, 2.45) is 0 Å². The zero-order valence-corrected chi connectivity index (χ0v) is 12.3. The van der Waals surface area contributed by atoms with Crippen molar-refractivity contribution in [1.29, 1.82) is 0 Å². The summed E-state index contributed by atoms with van der Waals surface area (Å²) in [6.07, 6.45) is -9.41. The van der Waals surface area contributed by atoms with Crippen LogP contribution in [0.2, 0.25) is 0 Å². The van der Waals surface area contributed by atoms with Crippen LogP contribution in [-0.4, -0.2) is 12.6 Å². The molecule has 0 aliphatic rings. The molecule has 0 amide bonds. The van der Waals surface area contributed by atoms with Gasteiger partial charge in [0.2, 0.25) is 0 Å². The predicted octanol–water partition coefficient (Wildman–Crippen LogP) is 5.00. The fraction of sp³-hybridized carbons (Fsp3) is 0.188. The third kappa shape index (κ3) is 5.40. The van der Waals surface area contributed by atoms with Crippen molar-refractivity contribution < 1.29 is 40.6 Å². The number of aldehydes is 1. The molecule has 3 nitrogen and oxygen atoms in total. The molecule has 0 N–H and O–H groups in total. The average Bonchev–Trinajstić information content (AvgIpc) is 2.51. The summed E-state index contributed by atoms with van der Waals surface area (Å²) in [5, 5.41) is 0. The Kier molecular flexibility index (Phi) is 5.24. The Labute approximate surface area is 137 Å². The van der Waals surface area contributed by atoms with Crippen LogP contribution in [0.4, 0.5) is 26.3 Å². The largest absolute Gasteiger partial charge is 0.573 e. The fourth-order valence-corrected chi connectivity index (χ4v) is 1.95. The quantitative estimate of drug-likeness (QED) is 0.554. The molecular weight excluding hydrogens is 354 g/mol. The average molecular weight is 364 g/mol. The molecule has 0 saturated carbocycles. The second-order valence-corrected chi connectivity index (χ2v) is 4.85. The highest BCUT2D eigenvalue weighted by Crippen LogP contribution is 2.33. The minimum absolute atomic E-state index is 0.0233. The number of alkyl halides is 6. The Morgan fingerprint density at radius 3 is 2.24 bits per heavy atom. The van der Waals surface area contributed by atoms with Gasteiger partial charge in [0.15, 0.2) is 0 Å². The summed E-state index contributed by atoms with van der Waals surface area (Å²) < 4.78 is 84.3. The van der Waals surface area contributed by atoms with E-state index in [4.69, 9.17) is 4.74 Å². The molecule has 0 saturated heterocycles. The number of ether oxygens (including phenoxy) is 2. The van der Waals surface area contributed by atoms with Crippen molar-refractivity contribution in [3.8, 4) is 11.5 Å². The zero-order valence-electron chi connectivity index (χ0n) is 12.3. The Morgan fingerprint density at radius 2 is 1.64 bits per heavy atom. The number of carbonyl (C=O) groups is 1. The third-order valence-corrected chi connectivity index (χ3v) is 2.98. The molecule has 9 heteroatoms. The Hall–Kier alpha value is -2.71. The second-order valence-electron chi connectivity index (χ2n) is 4.85. The van der Waals surface area contributed by atoms with E-state index in [1.54, 1.807) is 0 Å². The lowest BCUT2D eigenvalue weighted by atomic mass is 10.1. The number of hydrogen-bond donors (Lipinski definition) is 0. The Bertz CT molecular complexity index is 752. The van der Waals surface area contributed by atoms with Crippen LogP contribution in [0.25, 0.3) is 0 Å². The minimum Gasteiger partial charge on any atom is -0.489 e. The van der Waals surface area contributed by atoms with Crippen LogP contribution in [-0.2, 0) is 12.8 Å². The van der Waals surface area contributed by atoms with Gasteiger partial charge in [0.25, 0.3) is 0 Å².